The van der Waals surface area contributed by atoms with Crippen molar-refractivity contribution in [3.8, 4) is 0 Å². The van der Waals surface area contributed by atoms with Gasteiger partial charge in [0.2, 0.25) is 0 Å². The predicted molar refractivity (Wildman–Crippen MR) is 122 cm³/mol. The van der Waals surface area contributed by atoms with Crippen LogP contribution in [-0.4, -0.2) is 56.1 Å². The number of fused-ring (bicyclic) bond motifs is 1. The number of amides is 1. The summed E-state index contributed by atoms with van der Waals surface area (Å²) < 4.78 is 2.54. The standard InChI is InChI=1S/C22H26BrN7O/c1-14-12-30-19(26-21(14)28-10-7-15(24)13-28)11-17(27-30)18-6-2-3-9-29(18)22(31)20-16(23)5-4-8-25-20/h4-5,8,11-12,15,18H,2-3,6-7,9-10,13,24H2,1H3/t15-,18-/m0/s1. The molecule has 0 saturated carbocycles. The maximum absolute atomic E-state index is 13.3. The second-order valence-electron chi connectivity index (χ2n) is 8.46. The molecule has 31 heavy (non-hydrogen) atoms. The minimum Gasteiger partial charge on any atom is -0.355 e. The summed E-state index contributed by atoms with van der Waals surface area (Å²) in [6, 6.07) is 5.80. The van der Waals surface area contributed by atoms with E-state index < -0.39 is 0 Å². The summed E-state index contributed by atoms with van der Waals surface area (Å²) in [6.07, 6.45) is 7.59. The Morgan fingerprint density at radius 3 is 2.90 bits per heavy atom. The van der Waals surface area contributed by atoms with Gasteiger partial charge in [0.25, 0.3) is 5.91 Å². The number of aromatic nitrogens is 4. The van der Waals surface area contributed by atoms with Crippen LogP contribution in [-0.2, 0) is 0 Å². The fraction of sp³-hybridized carbons (Fsp3) is 0.455. The zero-order chi connectivity index (χ0) is 21.5. The summed E-state index contributed by atoms with van der Waals surface area (Å²) in [6.45, 7) is 4.51. The number of piperidine rings is 1. The van der Waals surface area contributed by atoms with Crippen LogP contribution in [0.1, 0.15) is 53.5 Å². The molecular formula is C22H26BrN7O. The van der Waals surface area contributed by atoms with Gasteiger partial charge in [0, 0.05) is 54.2 Å². The number of aryl methyl sites for hydroxylation is 1. The fourth-order valence-electron chi connectivity index (χ4n) is 4.64. The molecule has 2 aliphatic heterocycles. The van der Waals surface area contributed by atoms with Gasteiger partial charge in [-0.25, -0.2) is 14.5 Å². The maximum Gasteiger partial charge on any atom is 0.274 e. The maximum atomic E-state index is 13.3. The van der Waals surface area contributed by atoms with Crippen molar-refractivity contribution >= 4 is 33.3 Å². The van der Waals surface area contributed by atoms with E-state index in [1.54, 1.807) is 6.20 Å². The van der Waals surface area contributed by atoms with Crippen molar-refractivity contribution in [1.29, 1.82) is 0 Å². The third-order valence-electron chi connectivity index (χ3n) is 6.21. The normalized spacial score (nSPS) is 21.8. The molecule has 0 aliphatic carbocycles. The molecule has 0 radical (unpaired) electrons. The zero-order valence-electron chi connectivity index (χ0n) is 17.5. The molecule has 3 aromatic heterocycles. The molecule has 5 heterocycles. The van der Waals surface area contributed by atoms with Gasteiger partial charge < -0.3 is 15.5 Å². The van der Waals surface area contributed by atoms with Crippen LogP contribution in [0.5, 0.6) is 0 Å². The summed E-state index contributed by atoms with van der Waals surface area (Å²) in [5.41, 5.74) is 9.29. The molecule has 0 unspecified atom stereocenters. The molecule has 2 saturated heterocycles. The Morgan fingerprint density at radius 2 is 2.13 bits per heavy atom. The lowest BCUT2D eigenvalue weighted by molar-refractivity contribution is 0.0598. The first kappa shape index (κ1) is 20.4. The highest BCUT2D eigenvalue weighted by Gasteiger charge is 2.32. The average molecular weight is 484 g/mol. The molecule has 0 spiro atoms. The Kier molecular flexibility index (Phi) is 5.39. The van der Waals surface area contributed by atoms with E-state index in [-0.39, 0.29) is 18.0 Å². The number of hydrogen-bond donors (Lipinski definition) is 1. The number of hydrogen-bond acceptors (Lipinski definition) is 6. The van der Waals surface area contributed by atoms with E-state index in [1.165, 1.54) is 0 Å². The van der Waals surface area contributed by atoms with Gasteiger partial charge in [0.1, 0.15) is 11.5 Å². The molecule has 0 aromatic carbocycles. The van der Waals surface area contributed by atoms with Gasteiger partial charge >= 0.3 is 0 Å². The average Bonchev–Trinajstić information content (AvgIpc) is 3.38. The summed E-state index contributed by atoms with van der Waals surface area (Å²) in [5.74, 6) is 0.908. The molecule has 3 aromatic rings. The van der Waals surface area contributed by atoms with Crippen molar-refractivity contribution < 1.29 is 4.79 Å². The number of rotatable bonds is 3. The van der Waals surface area contributed by atoms with Gasteiger partial charge in [-0.05, 0) is 60.7 Å². The minimum atomic E-state index is -0.0826. The van der Waals surface area contributed by atoms with Gasteiger partial charge in [0.15, 0.2) is 5.65 Å². The number of likely N-dealkylation sites (tertiary alicyclic amines) is 1. The topological polar surface area (TPSA) is 92.6 Å². The van der Waals surface area contributed by atoms with Crippen LogP contribution >= 0.6 is 15.9 Å². The molecule has 162 valence electrons. The smallest absolute Gasteiger partial charge is 0.274 e. The number of carbonyl (C=O) groups is 1. The van der Waals surface area contributed by atoms with Crippen molar-refractivity contribution in [3.05, 3.63) is 52.0 Å². The second-order valence-corrected chi connectivity index (χ2v) is 9.31. The van der Waals surface area contributed by atoms with Gasteiger partial charge in [-0.1, -0.05) is 0 Å². The molecule has 5 rings (SSSR count). The Hall–Kier alpha value is -2.52. The summed E-state index contributed by atoms with van der Waals surface area (Å²) in [5, 5.41) is 4.81. The van der Waals surface area contributed by atoms with Crippen molar-refractivity contribution in [2.24, 2.45) is 5.73 Å². The highest BCUT2D eigenvalue weighted by atomic mass is 79.9. The number of nitrogens with zero attached hydrogens (tertiary/aromatic N) is 6. The van der Waals surface area contributed by atoms with Crippen LogP contribution in [0.2, 0.25) is 0 Å². The van der Waals surface area contributed by atoms with E-state index in [2.05, 4.69) is 32.7 Å². The molecule has 2 atom stereocenters. The van der Waals surface area contributed by atoms with E-state index >= 15 is 0 Å². The molecule has 2 fully saturated rings. The Bertz CT molecular complexity index is 1130. The van der Waals surface area contributed by atoms with E-state index in [0.29, 0.717) is 16.7 Å². The summed E-state index contributed by atoms with van der Waals surface area (Å²) in [7, 11) is 0. The van der Waals surface area contributed by atoms with Gasteiger partial charge in [-0.3, -0.25) is 4.79 Å². The summed E-state index contributed by atoms with van der Waals surface area (Å²) >= 11 is 3.47. The molecule has 2 aliphatic rings. The molecule has 2 N–H and O–H groups in total. The molecule has 0 bridgehead atoms. The fourth-order valence-corrected chi connectivity index (χ4v) is 5.07. The quantitative estimate of drug-likeness (QED) is 0.615. The number of anilines is 1. The van der Waals surface area contributed by atoms with Crippen LogP contribution in [0.3, 0.4) is 0 Å². The van der Waals surface area contributed by atoms with Crippen molar-refractivity contribution in [2.45, 2.75) is 44.7 Å². The molecular weight excluding hydrogens is 458 g/mol. The van der Waals surface area contributed by atoms with E-state index in [4.69, 9.17) is 15.8 Å². The lowest BCUT2D eigenvalue weighted by Crippen LogP contribution is -2.39. The van der Waals surface area contributed by atoms with Gasteiger partial charge in [0.05, 0.1) is 11.7 Å². The Balaban J connectivity index is 1.48. The predicted octanol–water partition coefficient (Wildman–Crippen LogP) is 3.10. The number of pyridine rings is 1. The molecule has 8 nitrogen and oxygen atoms in total. The van der Waals surface area contributed by atoms with E-state index in [1.807, 2.05) is 33.8 Å². The second kappa shape index (κ2) is 8.20. The highest BCUT2D eigenvalue weighted by Crippen LogP contribution is 2.33. The van der Waals surface area contributed by atoms with Crippen LogP contribution in [0, 0.1) is 6.92 Å². The zero-order valence-corrected chi connectivity index (χ0v) is 19.1. The Morgan fingerprint density at radius 1 is 1.26 bits per heavy atom. The summed E-state index contributed by atoms with van der Waals surface area (Å²) in [4.78, 5) is 26.7. The van der Waals surface area contributed by atoms with E-state index in [9.17, 15) is 4.79 Å². The molecule has 1 amide bonds. The van der Waals surface area contributed by atoms with Crippen LogP contribution in [0.4, 0.5) is 5.82 Å². The third kappa shape index (κ3) is 3.80. The van der Waals surface area contributed by atoms with Crippen LogP contribution in [0.15, 0.2) is 35.1 Å². The molecule has 9 heteroatoms. The van der Waals surface area contributed by atoms with Crippen LogP contribution in [0.25, 0.3) is 5.65 Å². The number of carbonyl (C=O) groups excluding carboxylic acids is 1. The number of nitrogens with two attached hydrogens (primary N) is 1. The third-order valence-corrected chi connectivity index (χ3v) is 6.85. The largest absolute Gasteiger partial charge is 0.355 e. The SMILES string of the molecule is Cc1cn2nc([C@@H]3CCCCN3C(=O)c3ncccc3Br)cc2nc1N1CC[C@H](N)C1. The lowest BCUT2D eigenvalue weighted by atomic mass is 9.99. The highest BCUT2D eigenvalue weighted by molar-refractivity contribution is 9.10. The monoisotopic (exact) mass is 483 g/mol. The first-order valence-corrected chi connectivity index (χ1v) is 11.6. The first-order chi connectivity index (χ1) is 15.0. The van der Waals surface area contributed by atoms with Crippen molar-refractivity contribution in [2.75, 3.05) is 24.5 Å². The first-order valence-electron chi connectivity index (χ1n) is 10.8. The van der Waals surface area contributed by atoms with Crippen molar-refractivity contribution in [3.63, 3.8) is 0 Å². The van der Waals surface area contributed by atoms with Gasteiger partial charge in [-0.2, -0.15) is 5.10 Å². The van der Waals surface area contributed by atoms with E-state index in [0.717, 1.165) is 61.5 Å². The lowest BCUT2D eigenvalue weighted by Gasteiger charge is -2.34. The van der Waals surface area contributed by atoms with Crippen LogP contribution < -0.4 is 10.6 Å². The van der Waals surface area contributed by atoms with Gasteiger partial charge in [-0.15, -0.1) is 0 Å². The Labute approximate surface area is 189 Å². The minimum absolute atomic E-state index is 0.0647. The van der Waals surface area contributed by atoms with Crippen molar-refractivity contribution in [1.82, 2.24) is 24.5 Å². The number of halogens is 1.